The van der Waals surface area contributed by atoms with Crippen LogP contribution in [0.2, 0.25) is 0 Å². The second-order valence-electron chi connectivity index (χ2n) is 4.93. The average Bonchev–Trinajstić information content (AvgIpc) is 3.22. The maximum absolute atomic E-state index is 13.0. The zero-order chi connectivity index (χ0) is 16.1. The Balaban J connectivity index is 1.47. The quantitative estimate of drug-likeness (QED) is 0.753. The number of nitrogens with one attached hydrogen (secondary N) is 1. The van der Waals surface area contributed by atoms with Crippen LogP contribution in [0.4, 0.5) is 4.39 Å². The fourth-order valence-corrected chi connectivity index (χ4v) is 2.66. The zero-order valence-electron chi connectivity index (χ0n) is 12.2. The largest absolute Gasteiger partial charge is 0.352 e. The molecule has 1 N–H and O–H groups in total. The molecule has 0 aliphatic rings. The Hall–Kier alpha value is -2.54. The lowest BCUT2D eigenvalue weighted by Gasteiger charge is -2.04. The smallest absolute Gasteiger partial charge is 0.227 e. The molecule has 0 aliphatic heterocycles. The van der Waals surface area contributed by atoms with Crippen molar-refractivity contribution in [2.24, 2.45) is 0 Å². The number of aryl methyl sites for hydroxylation is 1. The number of carbonyl (C=O) groups excluding carboxylic acids is 1. The van der Waals surface area contributed by atoms with Crippen molar-refractivity contribution < 1.29 is 13.7 Å². The van der Waals surface area contributed by atoms with E-state index in [1.807, 2.05) is 16.8 Å². The Kier molecular flexibility index (Phi) is 4.77. The van der Waals surface area contributed by atoms with Gasteiger partial charge in [-0.25, -0.2) is 4.39 Å². The van der Waals surface area contributed by atoms with Crippen LogP contribution in [-0.2, 0) is 17.8 Å². The molecule has 0 saturated heterocycles. The van der Waals surface area contributed by atoms with Gasteiger partial charge in [0.2, 0.25) is 17.6 Å². The fourth-order valence-electron chi connectivity index (χ4n) is 2.02. The van der Waals surface area contributed by atoms with Crippen molar-refractivity contribution in [3.05, 3.63) is 58.4 Å². The molecular weight excluding hydrogens is 317 g/mol. The SMILES string of the molecule is O=C(CCc1nc(-c2ccsc2)no1)NCc1cccc(F)c1. The third kappa shape index (κ3) is 4.23. The lowest BCUT2D eigenvalue weighted by Crippen LogP contribution is -2.23. The van der Waals surface area contributed by atoms with E-state index in [1.54, 1.807) is 23.5 Å². The van der Waals surface area contributed by atoms with Crippen LogP contribution >= 0.6 is 11.3 Å². The highest BCUT2D eigenvalue weighted by molar-refractivity contribution is 7.08. The molecule has 3 rings (SSSR count). The molecule has 1 aromatic carbocycles. The van der Waals surface area contributed by atoms with Crippen molar-refractivity contribution in [3.8, 4) is 11.4 Å². The standard InChI is InChI=1S/C16H14FN3O2S/c17-13-3-1-2-11(8-13)9-18-14(21)4-5-15-19-16(20-22-15)12-6-7-23-10-12/h1-3,6-8,10H,4-5,9H2,(H,18,21). The van der Waals surface area contributed by atoms with Gasteiger partial charge in [-0.05, 0) is 29.1 Å². The van der Waals surface area contributed by atoms with Gasteiger partial charge in [-0.15, -0.1) is 0 Å². The third-order valence-electron chi connectivity index (χ3n) is 3.19. The number of amides is 1. The molecule has 0 spiro atoms. The van der Waals surface area contributed by atoms with Gasteiger partial charge in [0.05, 0.1) is 0 Å². The molecule has 2 aromatic heterocycles. The Morgan fingerprint density at radius 2 is 2.26 bits per heavy atom. The summed E-state index contributed by atoms with van der Waals surface area (Å²) in [5, 5.41) is 10.5. The summed E-state index contributed by atoms with van der Waals surface area (Å²) in [7, 11) is 0. The predicted molar refractivity (Wildman–Crippen MR) is 84.2 cm³/mol. The first-order valence-corrected chi connectivity index (χ1v) is 8.01. The molecule has 2 heterocycles. The average molecular weight is 331 g/mol. The van der Waals surface area contributed by atoms with Gasteiger partial charge < -0.3 is 9.84 Å². The highest BCUT2D eigenvalue weighted by atomic mass is 32.1. The third-order valence-corrected chi connectivity index (χ3v) is 3.88. The molecule has 118 valence electrons. The van der Waals surface area contributed by atoms with Gasteiger partial charge in [-0.1, -0.05) is 17.3 Å². The fraction of sp³-hybridized carbons (Fsp3) is 0.188. The Labute approximate surface area is 136 Å². The molecule has 23 heavy (non-hydrogen) atoms. The molecule has 0 bridgehead atoms. The minimum absolute atomic E-state index is 0.149. The van der Waals surface area contributed by atoms with Crippen molar-refractivity contribution in [3.63, 3.8) is 0 Å². The molecule has 0 fully saturated rings. The van der Waals surface area contributed by atoms with Crippen LogP contribution in [0.1, 0.15) is 17.9 Å². The van der Waals surface area contributed by atoms with Gasteiger partial charge in [0.1, 0.15) is 5.82 Å². The number of hydrogen-bond acceptors (Lipinski definition) is 5. The van der Waals surface area contributed by atoms with E-state index < -0.39 is 0 Å². The summed E-state index contributed by atoms with van der Waals surface area (Å²) in [6, 6.07) is 8.04. The molecule has 5 nitrogen and oxygen atoms in total. The highest BCUT2D eigenvalue weighted by Gasteiger charge is 2.11. The number of thiophene rings is 1. The summed E-state index contributed by atoms with van der Waals surface area (Å²) < 4.78 is 18.2. The zero-order valence-corrected chi connectivity index (χ0v) is 13.0. The topological polar surface area (TPSA) is 68.0 Å². The first-order chi connectivity index (χ1) is 11.2. The number of nitrogens with zero attached hydrogens (tertiary/aromatic N) is 2. The van der Waals surface area contributed by atoms with Crippen molar-refractivity contribution in [2.75, 3.05) is 0 Å². The Bertz CT molecular complexity index is 786. The maximum Gasteiger partial charge on any atom is 0.227 e. The van der Waals surface area contributed by atoms with Crippen molar-refractivity contribution in [1.29, 1.82) is 0 Å². The van der Waals surface area contributed by atoms with Crippen LogP contribution in [-0.4, -0.2) is 16.0 Å². The van der Waals surface area contributed by atoms with Crippen LogP contribution < -0.4 is 5.32 Å². The summed E-state index contributed by atoms with van der Waals surface area (Å²) >= 11 is 1.55. The minimum Gasteiger partial charge on any atom is -0.352 e. The van der Waals surface area contributed by atoms with E-state index in [-0.39, 0.29) is 18.1 Å². The van der Waals surface area contributed by atoms with Crippen LogP contribution in [0.25, 0.3) is 11.4 Å². The van der Waals surface area contributed by atoms with E-state index in [0.29, 0.717) is 24.7 Å². The summed E-state index contributed by atoms with van der Waals surface area (Å²) in [5.41, 5.74) is 1.62. The number of aromatic nitrogens is 2. The Morgan fingerprint density at radius 1 is 1.35 bits per heavy atom. The van der Waals surface area contributed by atoms with Gasteiger partial charge in [0.15, 0.2) is 0 Å². The molecular formula is C16H14FN3O2S. The lowest BCUT2D eigenvalue weighted by atomic mass is 10.2. The number of carbonyl (C=O) groups is 1. The summed E-state index contributed by atoms with van der Waals surface area (Å²) in [5.74, 6) is 0.488. The number of halogens is 1. The Morgan fingerprint density at radius 3 is 3.04 bits per heavy atom. The van der Waals surface area contributed by atoms with Crippen LogP contribution in [0.3, 0.4) is 0 Å². The van der Waals surface area contributed by atoms with E-state index >= 15 is 0 Å². The number of rotatable bonds is 6. The van der Waals surface area contributed by atoms with E-state index in [4.69, 9.17) is 4.52 Å². The molecule has 0 radical (unpaired) electrons. The minimum atomic E-state index is -0.316. The predicted octanol–water partition coefficient (Wildman–Crippen LogP) is 3.19. The first kappa shape index (κ1) is 15.4. The van der Waals surface area contributed by atoms with Crippen LogP contribution in [0, 0.1) is 5.82 Å². The molecule has 1 amide bonds. The summed E-state index contributed by atoms with van der Waals surface area (Å²) in [6.07, 6.45) is 0.604. The first-order valence-electron chi connectivity index (χ1n) is 7.07. The number of hydrogen-bond donors (Lipinski definition) is 1. The van der Waals surface area contributed by atoms with Crippen LogP contribution in [0.15, 0.2) is 45.6 Å². The molecule has 3 aromatic rings. The molecule has 0 aliphatic carbocycles. The van der Waals surface area contributed by atoms with Gasteiger partial charge in [-0.3, -0.25) is 4.79 Å². The molecule has 0 unspecified atom stereocenters. The monoisotopic (exact) mass is 331 g/mol. The van der Waals surface area contributed by atoms with Crippen molar-refractivity contribution in [2.45, 2.75) is 19.4 Å². The van der Waals surface area contributed by atoms with Crippen molar-refractivity contribution in [1.82, 2.24) is 15.5 Å². The second kappa shape index (κ2) is 7.15. The van der Waals surface area contributed by atoms with E-state index in [2.05, 4.69) is 15.5 Å². The van der Waals surface area contributed by atoms with E-state index in [9.17, 15) is 9.18 Å². The molecule has 0 saturated carbocycles. The van der Waals surface area contributed by atoms with E-state index in [0.717, 1.165) is 11.1 Å². The normalized spacial score (nSPS) is 10.7. The summed E-state index contributed by atoms with van der Waals surface area (Å²) in [6.45, 7) is 0.292. The van der Waals surface area contributed by atoms with Crippen LogP contribution in [0.5, 0.6) is 0 Å². The van der Waals surface area contributed by atoms with Gasteiger partial charge in [0.25, 0.3) is 0 Å². The van der Waals surface area contributed by atoms with Gasteiger partial charge in [-0.2, -0.15) is 16.3 Å². The molecule has 7 heteroatoms. The van der Waals surface area contributed by atoms with Gasteiger partial charge in [0, 0.05) is 30.3 Å². The number of benzene rings is 1. The lowest BCUT2D eigenvalue weighted by molar-refractivity contribution is -0.121. The molecule has 0 atom stereocenters. The van der Waals surface area contributed by atoms with E-state index in [1.165, 1.54) is 12.1 Å². The second-order valence-corrected chi connectivity index (χ2v) is 5.71. The van der Waals surface area contributed by atoms with Gasteiger partial charge >= 0.3 is 0 Å². The summed E-state index contributed by atoms with van der Waals surface area (Å²) in [4.78, 5) is 16.1. The van der Waals surface area contributed by atoms with Crippen molar-refractivity contribution >= 4 is 17.2 Å². The maximum atomic E-state index is 13.0. The highest BCUT2D eigenvalue weighted by Crippen LogP contribution is 2.18.